The van der Waals surface area contributed by atoms with Crippen LogP contribution in [0.5, 0.6) is 0 Å². The van der Waals surface area contributed by atoms with Crippen LogP contribution in [-0.2, 0) is 12.7 Å². The molecule has 0 radical (unpaired) electrons. The third-order valence-electron chi connectivity index (χ3n) is 4.49. The van der Waals surface area contributed by atoms with Gasteiger partial charge in [0.05, 0.1) is 16.7 Å². The van der Waals surface area contributed by atoms with Crippen LogP contribution in [0, 0.1) is 17.8 Å². The summed E-state index contributed by atoms with van der Waals surface area (Å²) in [5.74, 6) is 0. The van der Waals surface area contributed by atoms with E-state index in [-0.39, 0.29) is 31.5 Å². The average molecular weight is 298 g/mol. The van der Waals surface area contributed by atoms with Crippen LogP contribution in [0.25, 0.3) is 0 Å². The van der Waals surface area contributed by atoms with Crippen molar-refractivity contribution >= 4 is 0 Å². The van der Waals surface area contributed by atoms with Gasteiger partial charge in [-0.3, -0.25) is 4.68 Å². The van der Waals surface area contributed by atoms with Gasteiger partial charge in [0.1, 0.15) is 0 Å². The molecule has 4 rings (SSSR count). The van der Waals surface area contributed by atoms with Crippen molar-refractivity contribution in [2.45, 2.75) is 45.1 Å². The number of halogens is 6. The fourth-order valence-electron chi connectivity index (χ4n) is 3.69. The number of aryl methyl sites for hydroxylation is 1. The largest absolute Gasteiger partial charge is 0.419 e. The molecular formula is C12H12F6N2. The summed E-state index contributed by atoms with van der Waals surface area (Å²) in [5.41, 5.74) is -3.07. The van der Waals surface area contributed by atoms with Crippen molar-refractivity contribution in [1.82, 2.24) is 9.78 Å². The molecule has 0 saturated heterocycles. The number of nitrogens with zero attached hydrogens (tertiary/aromatic N) is 2. The molecule has 3 saturated carbocycles. The number of hydrogen-bond donors (Lipinski definition) is 0. The first kappa shape index (κ1) is 13.8. The van der Waals surface area contributed by atoms with Gasteiger partial charge in [0.15, 0.2) is 0 Å². The Kier molecular flexibility index (Phi) is 2.42. The van der Waals surface area contributed by atoms with Crippen LogP contribution >= 0.6 is 0 Å². The highest BCUT2D eigenvalue weighted by atomic mass is 19.4. The first-order valence-corrected chi connectivity index (χ1v) is 6.15. The van der Waals surface area contributed by atoms with Gasteiger partial charge in [0.2, 0.25) is 0 Å². The highest BCUT2D eigenvalue weighted by molar-refractivity contribution is 5.22. The molecule has 0 amide bonds. The minimum Gasteiger partial charge on any atom is -0.271 e. The molecule has 0 aliphatic heterocycles. The fraction of sp³-hybridized carbons (Fsp3) is 0.750. The Morgan fingerprint density at radius 1 is 1.15 bits per heavy atom. The second kappa shape index (κ2) is 3.51. The van der Waals surface area contributed by atoms with E-state index in [1.165, 1.54) is 6.92 Å². The molecule has 2 nitrogen and oxygen atoms in total. The summed E-state index contributed by atoms with van der Waals surface area (Å²) in [7, 11) is 0. The van der Waals surface area contributed by atoms with Gasteiger partial charge in [-0.25, -0.2) is 0 Å². The summed E-state index contributed by atoms with van der Waals surface area (Å²) in [6.07, 6.45) is -7.78. The van der Waals surface area contributed by atoms with Crippen molar-refractivity contribution in [2.75, 3.05) is 0 Å². The van der Waals surface area contributed by atoms with Gasteiger partial charge in [-0.2, -0.15) is 31.4 Å². The zero-order valence-corrected chi connectivity index (χ0v) is 10.6. The van der Waals surface area contributed by atoms with Gasteiger partial charge in [-0.05, 0) is 31.6 Å². The molecule has 2 bridgehead atoms. The molecule has 112 valence electrons. The Bertz CT molecular complexity index is 533. The lowest BCUT2D eigenvalue weighted by molar-refractivity contribution is -0.366. The minimum atomic E-state index is -4.48. The van der Waals surface area contributed by atoms with E-state index in [0.717, 1.165) is 10.9 Å². The SMILES string of the molecule is Cc1nn(CC23CC(C(F)(F)F)(C2)C3)cc1C(F)(F)F. The maximum absolute atomic E-state index is 12.7. The summed E-state index contributed by atoms with van der Waals surface area (Å²) in [5, 5.41) is 3.77. The van der Waals surface area contributed by atoms with Crippen molar-refractivity contribution in [3.63, 3.8) is 0 Å². The summed E-state index contributed by atoms with van der Waals surface area (Å²) in [6, 6.07) is 0. The zero-order chi connectivity index (χ0) is 15.0. The topological polar surface area (TPSA) is 17.8 Å². The molecule has 0 spiro atoms. The van der Waals surface area contributed by atoms with Crippen molar-refractivity contribution in [1.29, 1.82) is 0 Å². The third kappa shape index (κ3) is 1.76. The number of hydrogen-bond acceptors (Lipinski definition) is 1. The summed E-state index contributed by atoms with van der Waals surface area (Å²) in [6.45, 7) is 1.38. The number of aromatic nitrogens is 2. The molecule has 8 heteroatoms. The number of alkyl halides is 6. The van der Waals surface area contributed by atoms with Crippen LogP contribution in [-0.4, -0.2) is 16.0 Å². The highest BCUT2D eigenvalue weighted by Gasteiger charge is 2.78. The predicted molar refractivity (Wildman–Crippen MR) is 56.7 cm³/mol. The highest BCUT2D eigenvalue weighted by Crippen LogP contribution is 2.78. The lowest BCUT2D eigenvalue weighted by atomic mass is 9.35. The fourth-order valence-corrected chi connectivity index (χ4v) is 3.69. The Morgan fingerprint density at radius 2 is 1.70 bits per heavy atom. The van der Waals surface area contributed by atoms with Crippen LogP contribution in [0.1, 0.15) is 30.5 Å². The summed E-state index contributed by atoms with van der Waals surface area (Å²) >= 11 is 0. The predicted octanol–water partition coefficient (Wildman–Crippen LogP) is 3.94. The van der Waals surface area contributed by atoms with Crippen molar-refractivity contribution < 1.29 is 26.3 Å². The van der Waals surface area contributed by atoms with E-state index in [0.29, 0.717) is 0 Å². The molecule has 0 N–H and O–H groups in total. The van der Waals surface area contributed by atoms with Crippen LogP contribution in [0.15, 0.2) is 6.20 Å². The summed E-state index contributed by atoms with van der Waals surface area (Å²) < 4.78 is 77.0. The van der Waals surface area contributed by atoms with Crippen LogP contribution in [0.3, 0.4) is 0 Å². The Labute approximate surface area is 110 Å². The zero-order valence-electron chi connectivity index (χ0n) is 10.6. The molecule has 3 aliphatic carbocycles. The first-order valence-electron chi connectivity index (χ1n) is 6.15. The van der Waals surface area contributed by atoms with Crippen molar-refractivity contribution in [3.05, 3.63) is 17.5 Å². The van der Waals surface area contributed by atoms with E-state index in [9.17, 15) is 26.3 Å². The van der Waals surface area contributed by atoms with Gasteiger partial charge in [-0.15, -0.1) is 0 Å². The number of rotatable bonds is 2. The molecule has 1 aromatic heterocycles. The van der Waals surface area contributed by atoms with E-state index in [2.05, 4.69) is 5.10 Å². The molecular weight excluding hydrogens is 286 g/mol. The third-order valence-corrected chi connectivity index (χ3v) is 4.49. The van der Waals surface area contributed by atoms with Gasteiger partial charge in [0, 0.05) is 12.7 Å². The van der Waals surface area contributed by atoms with Gasteiger partial charge < -0.3 is 0 Å². The molecule has 1 heterocycles. The molecule has 1 aromatic rings. The van der Waals surface area contributed by atoms with Crippen molar-refractivity contribution in [2.24, 2.45) is 10.8 Å². The molecule has 0 aromatic carbocycles. The molecule has 0 atom stereocenters. The molecule has 3 fully saturated rings. The Balaban J connectivity index is 1.71. The Hall–Kier alpha value is -1.21. The molecule has 3 aliphatic rings. The van der Waals surface area contributed by atoms with Crippen LogP contribution in [0.2, 0.25) is 0 Å². The van der Waals surface area contributed by atoms with Gasteiger partial charge in [-0.1, -0.05) is 0 Å². The second-order valence-corrected chi connectivity index (χ2v) is 6.13. The molecule has 0 unspecified atom stereocenters. The standard InChI is InChI=1S/C12H12F6N2/c1-7-8(11(13,14)15)2-20(19-7)6-9-3-10(4-9,5-9)12(16,17)18/h2H,3-6H2,1H3. The monoisotopic (exact) mass is 298 g/mol. The van der Waals surface area contributed by atoms with Gasteiger partial charge >= 0.3 is 12.4 Å². The van der Waals surface area contributed by atoms with E-state index < -0.39 is 28.7 Å². The van der Waals surface area contributed by atoms with E-state index in [1.807, 2.05) is 0 Å². The van der Waals surface area contributed by atoms with E-state index in [4.69, 9.17) is 0 Å². The van der Waals surface area contributed by atoms with E-state index in [1.54, 1.807) is 0 Å². The normalized spacial score (nSPS) is 32.8. The van der Waals surface area contributed by atoms with Crippen molar-refractivity contribution in [3.8, 4) is 0 Å². The minimum absolute atomic E-state index is 0.00373. The second-order valence-electron chi connectivity index (χ2n) is 6.13. The lowest BCUT2D eigenvalue weighted by Crippen LogP contribution is -2.69. The van der Waals surface area contributed by atoms with Crippen LogP contribution in [0.4, 0.5) is 26.3 Å². The summed E-state index contributed by atoms with van der Waals surface area (Å²) in [4.78, 5) is 0. The average Bonchev–Trinajstić information content (AvgIpc) is 2.47. The lowest BCUT2D eigenvalue weighted by Gasteiger charge is -2.70. The van der Waals surface area contributed by atoms with E-state index >= 15 is 0 Å². The van der Waals surface area contributed by atoms with Gasteiger partial charge in [0.25, 0.3) is 0 Å². The smallest absolute Gasteiger partial charge is 0.271 e. The Morgan fingerprint density at radius 3 is 2.10 bits per heavy atom. The maximum atomic E-state index is 12.7. The molecule has 20 heavy (non-hydrogen) atoms. The quantitative estimate of drug-likeness (QED) is 0.756. The first-order chi connectivity index (χ1) is 8.97. The maximum Gasteiger partial charge on any atom is 0.419 e. The van der Waals surface area contributed by atoms with Crippen LogP contribution < -0.4 is 0 Å².